The summed E-state index contributed by atoms with van der Waals surface area (Å²) in [5.41, 5.74) is 2.41. The molecule has 0 radical (unpaired) electrons. The molecule has 1 saturated heterocycles. The summed E-state index contributed by atoms with van der Waals surface area (Å²) < 4.78 is 18.8. The second kappa shape index (κ2) is 4.86. The first-order valence-corrected chi connectivity index (χ1v) is 6.60. The van der Waals surface area contributed by atoms with Gasteiger partial charge in [-0.1, -0.05) is 0 Å². The first-order chi connectivity index (χ1) is 8.79. The van der Waals surface area contributed by atoms with E-state index in [2.05, 4.69) is 10.2 Å². The molecule has 0 spiro atoms. The zero-order chi connectivity index (χ0) is 12.5. The van der Waals surface area contributed by atoms with Gasteiger partial charge in [-0.25, -0.2) is 4.39 Å². The molecule has 4 heteroatoms. The molecule has 0 amide bonds. The summed E-state index contributed by atoms with van der Waals surface area (Å²) in [6.45, 7) is 4.24. The summed E-state index contributed by atoms with van der Waals surface area (Å²) in [7, 11) is 1.53. The average Bonchev–Trinajstić information content (AvgIpc) is 2.81. The lowest BCUT2D eigenvalue weighted by molar-refractivity contribution is 0.173. The second-order valence-electron chi connectivity index (χ2n) is 5.03. The van der Waals surface area contributed by atoms with Crippen LogP contribution in [0.3, 0.4) is 0 Å². The molecule has 1 aromatic rings. The Balaban J connectivity index is 1.90. The number of benzene rings is 1. The van der Waals surface area contributed by atoms with Crippen molar-refractivity contribution in [1.29, 1.82) is 0 Å². The number of nitrogens with one attached hydrogen (secondary N) is 1. The van der Waals surface area contributed by atoms with Crippen molar-refractivity contribution in [2.24, 2.45) is 0 Å². The summed E-state index contributed by atoms with van der Waals surface area (Å²) in [5.74, 6) is 0.132. The maximum absolute atomic E-state index is 13.7. The van der Waals surface area contributed by atoms with Crippen LogP contribution in [0.15, 0.2) is 12.1 Å². The predicted molar refractivity (Wildman–Crippen MR) is 68.5 cm³/mol. The van der Waals surface area contributed by atoms with Gasteiger partial charge in [0.05, 0.1) is 7.11 Å². The number of halogens is 1. The number of hydrogen-bond acceptors (Lipinski definition) is 3. The topological polar surface area (TPSA) is 24.5 Å². The van der Waals surface area contributed by atoms with Crippen LogP contribution in [0.25, 0.3) is 0 Å². The normalized spacial score (nSPS) is 24.0. The highest BCUT2D eigenvalue weighted by atomic mass is 19.1. The Morgan fingerprint density at radius 3 is 2.83 bits per heavy atom. The Morgan fingerprint density at radius 2 is 2.11 bits per heavy atom. The maximum Gasteiger partial charge on any atom is 0.165 e. The Bertz CT molecular complexity index is 444. The average molecular weight is 250 g/mol. The highest BCUT2D eigenvalue weighted by Gasteiger charge is 2.30. The van der Waals surface area contributed by atoms with Crippen molar-refractivity contribution in [2.75, 3.05) is 33.3 Å². The molecule has 1 aliphatic heterocycles. The van der Waals surface area contributed by atoms with E-state index in [4.69, 9.17) is 4.74 Å². The van der Waals surface area contributed by atoms with Crippen LogP contribution in [0.4, 0.5) is 4.39 Å². The number of piperazine rings is 1. The number of methoxy groups -OCH3 is 1. The minimum atomic E-state index is -0.239. The molecule has 0 aromatic heterocycles. The molecule has 1 aromatic carbocycles. The van der Waals surface area contributed by atoms with Gasteiger partial charge >= 0.3 is 0 Å². The molecule has 1 unspecified atom stereocenters. The predicted octanol–water partition coefficient (Wildman–Crippen LogP) is 1.73. The summed E-state index contributed by atoms with van der Waals surface area (Å²) in [6, 6.07) is 3.98. The maximum atomic E-state index is 13.7. The first kappa shape index (κ1) is 11.9. The molecule has 1 aliphatic carbocycles. The van der Waals surface area contributed by atoms with Crippen LogP contribution >= 0.6 is 0 Å². The number of rotatable bonds is 2. The summed E-state index contributed by atoms with van der Waals surface area (Å²) in [6.07, 6.45) is 2.08. The molecule has 1 N–H and O–H groups in total. The molecule has 98 valence electrons. The van der Waals surface area contributed by atoms with Gasteiger partial charge in [0.1, 0.15) is 0 Å². The SMILES string of the molecule is COc1cc2c(cc1F)CCC2N1CCNCC1. The van der Waals surface area contributed by atoms with Crippen LogP contribution in [-0.4, -0.2) is 38.2 Å². The van der Waals surface area contributed by atoms with E-state index in [0.717, 1.165) is 44.6 Å². The standard InChI is InChI=1S/C14H19FN2O/c1-18-14-9-11-10(8-12(14)15)2-3-13(11)17-6-4-16-5-7-17/h8-9,13,16H,2-7H2,1H3. The van der Waals surface area contributed by atoms with Gasteiger partial charge in [-0.15, -0.1) is 0 Å². The number of fused-ring (bicyclic) bond motifs is 1. The smallest absolute Gasteiger partial charge is 0.165 e. The van der Waals surface area contributed by atoms with Crippen molar-refractivity contribution in [1.82, 2.24) is 10.2 Å². The minimum absolute atomic E-state index is 0.239. The molecule has 3 rings (SSSR count). The molecule has 18 heavy (non-hydrogen) atoms. The van der Waals surface area contributed by atoms with E-state index in [9.17, 15) is 4.39 Å². The van der Waals surface area contributed by atoms with E-state index >= 15 is 0 Å². The van der Waals surface area contributed by atoms with E-state index in [1.807, 2.05) is 6.07 Å². The van der Waals surface area contributed by atoms with Gasteiger partial charge in [-0.3, -0.25) is 4.90 Å². The van der Waals surface area contributed by atoms with E-state index in [0.29, 0.717) is 11.8 Å². The van der Waals surface area contributed by atoms with Gasteiger partial charge in [0, 0.05) is 32.2 Å². The van der Waals surface area contributed by atoms with Gasteiger partial charge < -0.3 is 10.1 Å². The Morgan fingerprint density at radius 1 is 1.33 bits per heavy atom. The van der Waals surface area contributed by atoms with Crippen molar-refractivity contribution in [2.45, 2.75) is 18.9 Å². The molecule has 2 aliphatic rings. The van der Waals surface area contributed by atoms with Crippen LogP contribution in [0.5, 0.6) is 5.75 Å². The molecule has 1 atom stereocenters. The molecule has 1 heterocycles. The van der Waals surface area contributed by atoms with Gasteiger partial charge in [-0.2, -0.15) is 0 Å². The zero-order valence-electron chi connectivity index (χ0n) is 10.7. The van der Waals surface area contributed by atoms with Crippen molar-refractivity contribution in [3.8, 4) is 5.75 Å². The molecule has 0 bridgehead atoms. The highest BCUT2D eigenvalue weighted by molar-refractivity contribution is 5.42. The van der Waals surface area contributed by atoms with Gasteiger partial charge in [0.15, 0.2) is 11.6 Å². The fraction of sp³-hybridized carbons (Fsp3) is 0.571. The Labute approximate surface area is 107 Å². The monoisotopic (exact) mass is 250 g/mol. The lowest BCUT2D eigenvalue weighted by atomic mass is 10.1. The number of nitrogens with zero attached hydrogens (tertiary/aromatic N) is 1. The number of aryl methyl sites for hydroxylation is 1. The van der Waals surface area contributed by atoms with Crippen LogP contribution in [0, 0.1) is 5.82 Å². The number of ether oxygens (including phenoxy) is 1. The number of hydrogen-bond donors (Lipinski definition) is 1. The third-order valence-electron chi connectivity index (χ3n) is 4.05. The molecule has 0 saturated carbocycles. The van der Waals surface area contributed by atoms with Crippen molar-refractivity contribution >= 4 is 0 Å². The zero-order valence-corrected chi connectivity index (χ0v) is 10.7. The Kier molecular flexibility index (Phi) is 3.22. The quantitative estimate of drug-likeness (QED) is 0.865. The van der Waals surface area contributed by atoms with Crippen molar-refractivity contribution < 1.29 is 9.13 Å². The van der Waals surface area contributed by atoms with E-state index in [1.165, 1.54) is 12.7 Å². The van der Waals surface area contributed by atoms with Crippen LogP contribution < -0.4 is 10.1 Å². The molecule has 3 nitrogen and oxygen atoms in total. The van der Waals surface area contributed by atoms with E-state index < -0.39 is 0 Å². The highest BCUT2D eigenvalue weighted by Crippen LogP contribution is 2.38. The molecule has 1 fully saturated rings. The first-order valence-electron chi connectivity index (χ1n) is 6.60. The van der Waals surface area contributed by atoms with Crippen molar-refractivity contribution in [3.05, 3.63) is 29.1 Å². The fourth-order valence-corrected chi connectivity index (χ4v) is 3.11. The Hall–Kier alpha value is -1.13. The van der Waals surface area contributed by atoms with E-state index in [1.54, 1.807) is 6.07 Å². The summed E-state index contributed by atoms with van der Waals surface area (Å²) in [4.78, 5) is 2.50. The van der Waals surface area contributed by atoms with Crippen LogP contribution in [-0.2, 0) is 6.42 Å². The molecular weight excluding hydrogens is 231 g/mol. The third-order valence-corrected chi connectivity index (χ3v) is 4.05. The largest absolute Gasteiger partial charge is 0.494 e. The lowest BCUT2D eigenvalue weighted by Crippen LogP contribution is -2.44. The summed E-state index contributed by atoms with van der Waals surface area (Å²) >= 11 is 0. The lowest BCUT2D eigenvalue weighted by Gasteiger charge is -2.33. The third kappa shape index (κ3) is 1.99. The molecular formula is C14H19FN2O. The minimum Gasteiger partial charge on any atom is -0.494 e. The van der Waals surface area contributed by atoms with Crippen LogP contribution in [0.2, 0.25) is 0 Å². The van der Waals surface area contributed by atoms with Gasteiger partial charge in [0.2, 0.25) is 0 Å². The van der Waals surface area contributed by atoms with E-state index in [-0.39, 0.29) is 5.82 Å². The van der Waals surface area contributed by atoms with Crippen LogP contribution in [0.1, 0.15) is 23.6 Å². The summed E-state index contributed by atoms with van der Waals surface area (Å²) in [5, 5.41) is 3.37. The van der Waals surface area contributed by atoms with Crippen molar-refractivity contribution in [3.63, 3.8) is 0 Å². The van der Waals surface area contributed by atoms with Gasteiger partial charge in [-0.05, 0) is 36.1 Å². The fourth-order valence-electron chi connectivity index (χ4n) is 3.11. The van der Waals surface area contributed by atoms with Gasteiger partial charge in [0.25, 0.3) is 0 Å². The second-order valence-corrected chi connectivity index (χ2v) is 5.03.